The number of rotatable bonds is 6. The number of pyridine rings is 1. The fourth-order valence-corrected chi connectivity index (χ4v) is 3.90. The third-order valence-electron chi connectivity index (χ3n) is 5.17. The standard InChI is InChI=1S/C21H26ClN3O3/c1-4-23-18-10-13(22)9-15(12(18)2)20(27)24-11-16-19(26)14-7-5-6-8-17(14)25-21(16)28-3/h9-10,23H,4-8,11H2,1-3H3,(H,24,27)(H,25,26). The molecule has 0 fully saturated rings. The Morgan fingerprint density at radius 2 is 2.04 bits per heavy atom. The molecule has 3 rings (SSSR count). The van der Waals surface area contributed by atoms with Gasteiger partial charge in [-0.25, -0.2) is 0 Å². The van der Waals surface area contributed by atoms with Crippen LogP contribution in [0, 0.1) is 6.92 Å². The number of hydrogen-bond acceptors (Lipinski definition) is 4. The van der Waals surface area contributed by atoms with Crippen LogP contribution in [0.3, 0.4) is 0 Å². The normalized spacial score (nSPS) is 13.0. The smallest absolute Gasteiger partial charge is 0.251 e. The van der Waals surface area contributed by atoms with E-state index in [4.69, 9.17) is 16.3 Å². The van der Waals surface area contributed by atoms with Crippen molar-refractivity contribution in [1.29, 1.82) is 0 Å². The minimum atomic E-state index is -0.279. The van der Waals surface area contributed by atoms with E-state index in [-0.39, 0.29) is 17.9 Å². The highest BCUT2D eigenvalue weighted by molar-refractivity contribution is 6.31. The number of H-pyrrole nitrogens is 1. The van der Waals surface area contributed by atoms with Crippen molar-refractivity contribution in [2.45, 2.75) is 46.1 Å². The maximum atomic E-state index is 12.9. The first-order chi connectivity index (χ1) is 13.5. The van der Waals surface area contributed by atoms with Gasteiger partial charge in [0.05, 0.1) is 19.2 Å². The number of carbonyl (C=O) groups excluding carboxylic acids is 1. The fraction of sp³-hybridized carbons (Fsp3) is 0.429. The predicted octanol–water partition coefficient (Wildman–Crippen LogP) is 3.59. The molecule has 150 valence electrons. The maximum Gasteiger partial charge on any atom is 0.251 e. The fourth-order valence-electron chi connectivity index (χ4n) is 3.68. The molecule has 0 bridgehead atoms. The molecule has 0 unspecified atom stereocenters. The lowest BCUT2D eigenvalue weighted by molar-refractivity contribution is 0.0950. The van der Waals surface area contributed by atoms with Crippen LogP contribution in [0.5, 0.6) is 5.88 Å². The number of aryl methyl sites for hydroxylation is 1. The van der Waals surface area contributed by atoms with Gasteiger partial charge in [0, 0.05) is 34.1 Å². The van der Waals surface area contributed by atoms with Gasteiger partial charge in [-0.05, 0) is 57.2 Å². The summed E-state index contributed by atoms with van der Waals surface area (Å²) in [4.78, 5) is 28.9. The highest BCUT2D eigenvalue weighted by atomic mass is 35.5. The van der Waals surface area contributed by atoms with Crippen LogP contribution in [0.15, 0.2) is 16.9 Å². The maximum absolute atomic E-state index is 12.9. The molecule has 0 saturated heterocycles. The molecule has 0 radical (unpaired) electrons. The van der Waals surface area contributed by atoms with Crippen molar-refractivity contribution < 1.29 is 9.53 Å². The largest absolute Gasteiger partial charge is 0.482 e. The van der Waals surface area contributed by atoms with E-state index in [1.165, 1.54) is 7.11 Å². The van der Waals surface area contributed by atoms with Gasteiger partial charge < -0.3 is 20.4 Å². The minimum Gasteiger partial charge on any atom is -0.482 e. The quantitative estimate of drug-likeness (QED) is 0.688. The van der Waals surface area contributed by atoms with Crippen molar-refractivity contribution in [2.24, 2.45) is 0 Å². The van der Waals surface area contributed by atoms with Crippen LogP contribution in [0.2, 0.25) is 5.02 Å². The zero-order chi connectivity index (χ0) is 20.3. The van der Waals surface area contributed by atoms with E-state index in [1.807, 2.05) is 13.8 Å². The third-order valence-corrected chi connectivity index (χ3v) is 5.39. The second-order valence-electron chi connectivity index (χ2n) is 6.97. The molecule has 0 saturated carbocycles. The van der Waals surface area contributed by atoms with Crippen molar-refractivity contribution in [3.63, 3.8) is 0 Å². The van der Waals surface area contributed by atoms with Crippen LogP contribution in [0.25, 0.3) is 0 Å². The Kier molecular flexibility index (Phi) is 6.29. The molecule has 3 N–H and O–H groups in total. The van der Waals surface area contributed by atoms with E-state index in [1.54, 1.807) is 12.1 Å². The lowest BCUT2D eigenvalue weighted by atomic mass is 9.94. The summed E-state index contributed by atoms with van der Waals surface area (Å²) in [5.74, 6) is 0.139. The first kappa shape index (κ1) is 20.3. The van der Waals surface area contributed by atoms with Gasteiger partial charge in [-0.15, -0.1) is 0 Å². The lowest BCUT2D eigenvalue weighted by Gasteiger charge is -2.19. The van der Waals surface area contributed by atoms with E-state index in [0.29, 0.717) is 22.0 Å². The Balaban J connectivity index is 1.87. The minimum absolute atomic E-state index is 0.0400. The van der Waals surface area contributed by atoms with Crippen molar-refractivity contribution in [1.82, 2.24) is 10.3 Å². The molecule has 1 aromatic heterocycles. The van der Waals surface area contributed by atoms with Gasteiger partial charge in [-0.1, -0.05) is 11.6 Å². The van der Waals surface area contributed by atoms with Gasteiger partial charge in [-0.2, -0.15) is 0 Å². The number of halogens is 1. The first-order valence-electron chi connectivity index (χ1n) is 9.59. The van der Waals surface area contributed by atoms with Crippen LogP contribution in [0.1, 0.15) is 52.5 Å². The van der Waals surface area contributed by atoms with Crippen molar-refractivity contribution in [2.75, 3.05) is 19.0 Å². The number of benzene rings is 1. The van der Waals surface area contributed by atoms with Crippen LogP contribution < -0.4 is 20.8 Å². The second-order valence-corrected chi connectivity index (χ2v) is 7.41. The number of aromatic nitrogens is 1. The summed E-state index contributed by atoms with van der Waals surface area (Å²) in [7, 11) is 1.52. The number of nitrogens with one attached hydrogen (secondary N) is 3. The molecule has 7 heteroatoms. The highest BCUT2D eigenvalue weighted by Crippen LogP contribution is 2.25. The Labute approximate surface area is 169 Å². The molecule has 6 nitrogen and oxygen atoms in total. The van der Waals surface area contributed by atoms with Gasteiger partial charge >= 0.3 is 0 Å². The molecule has 1 heterocycles. The molecule has 1 aliphatic carbocycles. The van der Waals surface area contributed by atoms with Gasteiger partial charge in [-0.3, -0.25) is 9.59 Å². The van der Waals surface area contributed by atoms with E-state index in [9.17, 15) is 9.59 Å². The summed E-state index contributed by atoms with van der Waals surface area (Å²) in [5.41, 5.74) is 4.29. The van der Waals surface area contributed by atoms with Crippen LogP contribution in [0.4, 0.5) is 5.69 Å². The number of methoxy groups -OCH3 is 1. The second kappa shape index (κ2) is 8.69. The summed E-state index contributed by atoms with van der Waals surface area (Å²) in [5, 5.41) is 6.54. The Bertz CT molecular complexity index is 953. The van der Waals surface area contributed by atoms with Crippen molar-refractivity contribution in [3.8, 4) is 5.88 Å². The number of aromatic amines is 1. The summed E-state index contributed by atoms with van der Waals surface area (Å²) >= 11 is 6.18. The number of hydrogen-bond donors (Lipinski definition) is 3. The highest BCUT2D eigenvalue weighted by Gasteiger charge is 2.21. The number of fused-ring (bicyclic) bond motifs is 1. The molecule has 1 aliphatic rings. The summed E-state index contributed by atoms with van der Waals surface area (Å²) < 4.78 is 5.39. The molecule has 0 aliphatic heterocycles. The topological polar surface area (TPSA) is 83.2 Å². The molecule has 0 spiro atoms. The molecule has 0 atom stereocenters. The molecular weight excluding hydrogens is 378 g/mol. The van der Waals surface area contributed by atoms with E-state index in [0.717, 1.165) is 54.7 Å². The van der Waals surface area contributed by atoms with Gasteiger partial charge in [0.15, 0.2) is 11.3 Å². The van der Waals surface area contributed by atoms with E-state index >= 15 is 0 Å². The van der Waals surface area contributed by atoms with E-state index in [2.05, 4.69) is 15.6 Å². The Morgan fingerprint density at radius 3 is 2.75 bits per heavy atom. The molecule has 1 aromatic carbocycles. The third kappa shape index (κ3) is 4.02. The number of carbonyl (C=O) groups is 1. The van der Waals surface area contributed by atoms with Crippen molar-refractivity contribution in [3.05, 3.63) is 55.3 Å². The van der Waals surface area contributed by atoms with Gasteiger partial charge in [0.25, 0.3) is 5.91 Å². The average Bonchev–Trinajstić information content (AvgIpc) is 2.69. The zero-order valence-corrected chi connectivity index (χ0v) is 17.3. The number of ether oxygens (including phenoxy) is 1. The average molecular weight is 404 g/mol. The van der Waals surface area contributed by atoms with Crippen LogP contribution in [-0.4, -0.2) is 24.5 Å². The Morgan fingerprint density at radius 1 is 1.29 bits per heavy atom. The Hall–Kier alpha value is -2.47. The van der Waals surface area contributed by atoms with Gasteiger partial charge in [0.1, 0.15) is 0 Å². The first-order valence-corrected chi connectivity index (χ1v) is 9.97. The molecule has 28 heavy (non-hydrogen) atoms. The molecule has 2 aromatic rings. The van der Waals surface area contributed by atoms with Gasteiger partial charge in [0.2, 0.25) is 0 Å². The van der Waals surface area contributed by atoms with Crippen molar-refractivity contribution >= 4 is 23.2 Å². The van der Waals surface area contributed by atoms with E-state index < -0.39 is 0 Å². The molecular formula is C21H26ClN3O3. The lowest BCUT2D eigenvalue weighted by Crippen LogP contribution is -2.30. The SMILES string of the molecule is CCNc1cc(Cl)cc(C(=O)NCc2c(OC)[nH]c3c(c2=O)CCCC3)c1C. The molecule has 1 amide bonds. The number of amides is 1. The zero-order valence-electron chi connectivity index (χ0n) is 16.5. The summed E-state index contributed by atoms with van der Waals surface area (Å²) in [6.45, 7) is 4.67. The summed E-state index contributed by atoms with van der Waals surface area (Å²) in [6, 6.07) is 3.44. The predicted molar refractivity (Wildman–Crippen MR) is 112 cm³/mol. The van der Waals surface area contributed by atoms with Crippen LogP contribution in [-0.2, 0) is 19.4 Å². The number of anilines is 1. The van der Waals surface area contributed by atoms with Crippen LogP contribution >= 0.6 is 11.6 Å². The monoisotopic (exact) mass is 403 g/mol. The summed E-state index contributed by atoms with van der Waals surface area (Å²) in [6.07, 6.45) is 3.67.